The van der Waals surface area contributed by atoms with Crippen molar-refractivity contribution < 1.29 is 23.5 Å². The van der Waals surface area contributed by atoms with Crippen molar-refractivity contribution in [3.63, 3.8) is 0 Å². The molecule has 36 heavy (non-hydrogen) atoms. The van der Waals surface area contributed by atoms with Crippen molar-refractivity contribution in [1.82, 2.24) is 4.90 Å². The van der Waals surface area contributed by atoms with Crippen LogP contribution in [0.5, 0.6) is 0 Å². The molecule has 2 unspecified atom stereocenters. The van der Waals surface area contributed by atoms with Crippen molar-refractivity contribution in [2.75, 3.05) is 10.6 Å². The van der Waals surface area contributed by atoms with E-state index in [0.717, 1.165) is 11.1 Å². The molecule has 2 atom stereocenters. The molecule has 7 nitrogen and oxygen atoms in total. The zero-order valence-corrected chi connectivity index (χ0v) is 20.3. The highest BCUT2D eigenvalue weighted by molar-refractivity contribution is 5.98. The van der Waals surface area contributed by atoms with Crippen molar-refractivity contribution in [1.29, 1.82) is 0 Å². The summed E-state index contributed by atoms with van der Waals surface area (Å²) in [6.45, 7) is 5.69. The number of aryl methyl sites for hydroxylation is 1. The number of rotatable bonds is 7. The minimum atomic E-state index is -1.03. The van der Waals surface area contributed by atoms with E-state index < -0.39 is 30.0 Å². The highest BCUT2D eigenvalue weighted by Gasteiger charge is 2.47. The van der Waals surface area contributed by atoms with E-state index in [1.165, 1.54) is 23.1 Å². The number of carbonyl (C=O) groups is 3. The number of cyclic esters (lactones) is 1. The van der Waals surface area contributed by atoms with Gasteiger partial charge in [-0.15, -0.1) is 0 Å². The zero-order chi connectivity index (χ0) is 25.8. The van der Waals surface area contributed by atoms with E-state index in [9.17, 15) is 18.8 Å². The number of anilines is 2. The summed E-state index contributed by atoms with van der Waals surface area (Å²) in [6.07, 6.45) is -1.58. The Labute approximate surface area is 209 Å². The average Bonchev–Trinajstić information content (AvgIpc) is 3.16. The van der Waals surface area contributed by atoms with Crippen LogP contribution >= 0.6 is 0 Å². The smallest absolute Gasteiger partial charge is 0.411 e. The Balaban J connectivity index is 1.66. The van der Waals surface area contributed by atoms with Gasteiger partial charge < -0.3 is 15.4 Å². The van der Waals surface area contributed by atoms with Gasteiger partial charge in [-0.05, 0) is 48.4 Å². The molecule has 0 saturated carbocycles. The largest absolute Gasteiger partial charge is 0.438 e. The van der Waals surface area contributed by atoms with Gasteiger partial charge >= 0.3 is 6.09 Å². The molecule has 1 aliphatic heterocycles. The predicted molar refractivity (Wildman–Crippen MR) is 135 cm³/mol. The summed E-state index contributed by atoms with van der Waals surface area (Å²) in [7, 11) is 0. The Bertz CT molecular complexity index is 1280. The van der Waals surface area contributed by atoms with Gasteiger partial charge in [-0.1, -0.05) is 61.9 Å². The third-order valence-corrected chi connectivity index (χ3v) is 5.93. The summed E-state index contributed by atoms with van der Waals surface area (Å²) in [5.41, 5.74) is 3.26. The number of nitrogens with one attached hydrogen (secondary N) is 2. The molecule has 4 rings (SSSR count). The number of amides is 3. The summed E-state index contributed by atoms with van der Waals surface area (Å²) in [6, 6.07) is 19.0. The van der Waals surface area contributed by atoms with Crippen LogP contribution in [-0.4, -0.2) is 28.8 Å². The molecule has 0 aliphatic carbocycles. The molecular weight excluding hydrogens is 461 g/mol. The Morgan fingerprint density at radius 2 is 1.64 bits per heavy atom. The van der Waals surface area contributed by atoms with Gasteiger partial charge in [0.2, 0.25) is 5.91 Å². The molecule has 1 heterocycles. The van der Waals surface area contributed by atoms with Crippen molar-refractivity contribution in [3.8, 4) is 0 Å². The highest BCUT2D eigenvalue weighted by Crippen LogP contribution is 2.35. The number of carbonyl (C=O) groups excluding carboxylic acids is 3. The third-order valence-electron chi connectivity index (χ3n) is 5.93. The lowest BCUT2D eigenvalue weighted by Gasteiger charge is -2.24. The molecule has 0 bridgehead atoms. The van der Waals surface area contributed by atoms with Gasteiger partial charge in [-0.3, -0.25) is 14.5 Å². The number of halogens is 1. The fourth-order valence-electron chi connectivity index (χ4n) is 3.96. The van der Waals surface area contributed by atoms with E-state index >= 15 is 0 Å². The van der Waals surface area contributed by atoms with Crippen molar-refractivity contribution in [2.24, 2.45) is 5.92 Å². The normalized spacial score (nSPS) is 17.1. The first-order valence-corrected chi connectivity index (χ1v) is 11.7. The first-order chi connectivity index (χ1) is 17.2. The summed E-state index contributed by atoms with van der Waals surface area (Å²) < 4.78 is 19.4. The lowest BCUT2D eigenvalue weighted by molar-refractivity contribution is -0.121. The fourth-order valence-corrected chi connectivity index (χ4v) is 3.96. The first-order valence-electron chi connectivity index (χ1n) is 11.7. The second-order valence-electron chi connectivity index (χ2n) is 9.13. The molecule has 1 aliphatic rings. The quantitative estimate of drug-likeness (QED) is 0.463. The van der Waals surface area contributed by atoms with E-state index in [1.54, 1.807) is 44.2 Å². The first kappa shape index (κ1) is 24.9. The van der Waals surface area contributed by atoms with E-state index in [2.05, 4.69) is 10.6 Å². The summed E-state index contributed by atoms with van der Waals surface area (Å²) >= 11 is 0. The topological polar surface area (TPSA) is 87.7 Å². The van der Waals surface area contributed by atoms with Gasteiger partial charge in [0, 0.05) is 17.3 Å². The Hall–Kier alpha value is -4.20. The molecule has 1 fully saturated rings. The predicted octanol–water partition coefficient (Wildman–Crippen LogP) is 5.43. The fraction of sp³-hybridized carbons (Fsp3) is 0.250. The van der Waals surface area contributed by atoms with Crippen molar-refractivity contribution in [2.45, 2.75) is 39.5 Å². The molecule has 0 spiro atoms. The molecule has 0 radical (unpaired) electrons. The van der Waals surface area contributed by atoms with Gasteiger partial charge in [0.05, 0.1) is 6.54 Å². The monoisotopic (exact) mass is 489 g/mol. The maximum Gasteiger partial charge on any atom is 0.411 e. The van der Waals surface area contributed by atoms with Crippen molar-refractivity contribution >= 4 is 29.3 Å². The van der Waals surface area contributed by atoms with Crippen LogP contribution in [0.1, 0.15) is 36.6 Å². The summed E-state index contributed by atoms with van der Waals surface area (Å²) in [4.78, 5) is 40.0. The average molecular weight is 490 g/mol. The maximum atomic E-state index is 13.7. The van der Waals surface area contributed by atoms with Gasteiger partial charge in [0.15, 0.2) is 12.1 Å². The maximum absolute atomic E-state index is 13.7. The number of benzene rings is 3. The SMILES string of the molecule is Cc1ccc(CN2C(=O)OC(c3cccc(NC(=O)C(C)C)c3)C2C(=O)Nc2cccc(F)c2)cc1. The zero-order valence-electron chi connectivity index (χ0n) is 20.3. The van der Waals surface area contributed by atoms with E-state index in [-0.39, 0.29) is 24.1 Å². The van der Waals surface area contributed by atoms with Gasteiger partial charge in [-0.25, -0.2) is 9.18 Å². The summed E-state index contributed by atoms with van der Waals surface area (Å²) in [5.74, 6) is -1.38. The molecule has 8 heteroatoms. The number of hydrogen-bond acceptors (Lipinski definition) is 4. The molecular formula is C28H28FN3O4. The van der Waals surface area contributed by atoms with Crippen LogP contribution in [0.3, 0.4) is 0 Å². The van der Waals surface area contributed by atoms with Gasteiger partial charge in [-0.2, -0.15) is 0 Å². The standard InChI is InChI=1S/C28H28FN3O4/c1-17(2)26(33)30-22-8-4-6-20(14-22)25-24(27(34)31-23-9-5-7-21(29)15-23)32(28(35)36-25)16-19-12-10-18(3)11-13-19/h4-15,17,24-25H,16H2,1-3H3,(H,30,33)(H,31,34). The van der Waals surface area contributed by atoms with E-state index in [4.69, 9.17) is 4.74 Å². The van der Waals surface area contributed by atoms with Crippen molar-refractivity contribution in [3.05, 3.63) is 95.3 Å². The lowest BCUT2D eigenvalue weighted by Crippen LogP contribution is -2.43. The number of nitrogens with zero attached hydrogens (tertiary/aromatic N) is 1. The van der Waals surface area contributed by atoms with Crippen LogP contribution in [0, 0.1) is 18.7 Å². The Morgan fingerprint density at radius 1 is 0.972 bits per heavy atom. The minimum absolute atomic E-state index is 0.153. The molecule has 3 aromatic rings. The van der Waals surface area contributed by atoms with Crippen LogP contribution < -0.4 is 10.6 Å². The minimum Gasteiger partial charge on any atom is -0.438 e. The summed E-state index contributed by atoms with van der Waals surface area (Å²) in [5, 5.41) is 5.54. The highest BCUT2D eigenvalue weighted by atomic mass is 19.1. The Morgan fingerprint density at radius 3 is 2.31 bits per heavy atom. The van der Waals surface area contributed by atoms with Crippen LogP contribution in [0.15, 0.2) is 72.8 Å². The lowest BCUT2D eigenvalue weighted by atomic mass is 9.99. The second kappa shape index (κ2) is 10.6. The molecule has 0 aromatic heterocycles. The van der Waals surface area contributed by atoms with Gasteiger partial charge in [0.25, 0.3) is 5.91 Å². The Kier molecular flexibility index (Phi) is 7.33. The number of ether oxygens (including phenoxy) is 1. The molecule has 2 N–H and O–H groups in total. The van der Waals surface area contributed by atoms with Crippen LogP contribution in [0.4, 0.5) is 20.6 Å². The van der Waals surface area contributed by atoms with E-state index in [0.29, 0.717) is 11.3 Å². The number of hydrogen-bond donors (Lipinski definition) is 2. The van der Waals surface area contributed by atoms with Gasteiger partial charge in [0.1, 0.15) is 5.82 Å². The molecule has 186 valence electrons. The second-order valence-corrected chi connectivity index (χ2v) is 9.13. The van der Waals surface area contributed by atoms with Crippen LogP contribution in [-0.2, 0) is 20.9 Å². The van der Waals surface area contributed by atoms with Crippen LogP contribution in [0.2, 0.25) is 0 Å². The molecule has 3 amide bonds. The van der Waals surface area contributed by atoms with E-state index in [1.807, 2.05) is 31.2 Å². The third kappa shape index (κ3) is 5.71. The van der Waals surface area contributed by atoms with Crippen LogP contribution in [0.25, 0.3) is 0 Å². The molecule has 3 aromatic carbocycles. The molecule has 1 saturated heterocycles.